The fourth-order valence-corrected chi connectivity index (χ4v) is 2.75. The van der Waals surface area contributed by atoms with Gasteiger partial charge in [-0.05, 0) is 12.1 Å². The molecule has 0 spiro atoms. The molecule has 1 fully saturated rings. The second-order valence-electron chi connectivity index (χ2n) is 3.99. The number of amides is 1. The minimum atomic E-state index is -0.753. The molecule has 6 heteroatoms. The third-order valence-electron chi connectivity index (χ3n) is 2.71. The summed E-state index contributed by atoms with van der Waals surface area (Å²) in [5, 5.41) is 0. The summed E-state index contributed by atoms with van der Waals surface area (Å²) >= 11 is 0. The molecular weight excluding hydrogens is 238 g/mol. The summed E-state index contributed by atoms with van der Waals surface area (Å²) in [6, 6.07) is 3.50. The average molecular weight is 253 g/mol. The molecule has 0 radical (unpaired) electrons. The molecule has 0 atom stereocenters. The third-order valence-corrected chi connectivity index (χ3v) is 3.99. The first-order valence-corrected chi connectivity index (χ1v) is 6.97. The Labute approximate surface area is 102 Å². The molecule has 0 aromatic carbocycles. The quantitative estimate of drug-likeness (QED) is 0.791. The third kappa shape index (κ3) is 3.26. The molecule has 92 valence electrons. The van der Waals surface area contributed by atoms with Crippen LogP contribution < -0.4 is 5.73 Å². The van der Waals surface area contributed by atoms with E-state index < -0.39 is 10.8 Å². The molecule has 2 heterocycles. The Hall–Kier alpha value is -1.43. The second-order valence-corrected chi connectivity index (χ2v) is 5.68. The van der Waals surface area contributed by atoms with Gasteiger partial charge in [0.25, 0.3) is 0 Å². The van der Waals surface area contributed by atoms with Crippen LogP contribution in [0.4, 0.5) is 5.69 Å². The number of rotatable bonds is 2. The van der Waals surface area contributed by atoms with Gasteiger partial charge in [0, 0.05) is 41.1 Å². The van der Waals surface area contributed by atoms with Gasteiger partial charge in [0.1, 0.15) is 0 Å². The van der Waals surface area contributed by atoms with Gasteiger partial charge in [0.05, 0.1) is 18.3 Å². The van der Waals surface area contributed by atoms with Crippen molar-refractivity contribution in [3.05, 3.63) is 24.0 Å². The first-order valence-electron chi connectivity index (χ1n) is 5.48. The molecule has 1 aromatic rings. The van der Waals surface area contributed by atoms with Crippen LogP contribution in [0, 0.1) is 0 Å². The van der Waals surface area contributed by atoms with Crippen LogP contribution in [0.3, 0.4) is 0 Å². The van der Waals surface area contributed by atoms with Crippen LogP contribution in [0.1, 0.15) is 5.69 Å². The summed E-state index contributed by atoms with van der Waals surface area (Å²) in [7, 11) is -0.753. The Bertz CT molecular complexity index is 423. The topological polar surface area (TPSA) is 76.3 Å². The normalized spacial score (nSPS) is 17.1. The van der Waals surface area contributed by atoms with Crippen molar-refractivity contribution in [2.45, 2.75) is 6.42 Å². The molecule has 0 bridgehead atoms. The molecular formula is C11H15N3O2S. The number of carbonyl (C=O) groups is 1. The first kappa shape index (κ1) is 12.0. The van der Waals surface area contributed by atoms with Crippen LogP contribution in [0.2, 0.25) is 0 Å². The lowest BCUT2D eigenvalue weighted by Crippen LogP contribution is -2.42. The summed E-state index contributed by atoms with van der Waals surface area (Å²) in [6.07, 6.45) is 1.83. The van der Waals surface area contributed by atoms with Crippen molar-refractivity contribution >= 4 is 22.4 Å². The summed E-state index contributed by atoms with van der Waals surface area (Å²) in [4.78, 5) is 17.8. The number of nitrogen functional groups attached to an aromatic ring is 1. The number of pyridine rings is 1. The Morgan fingerprint density at radius 1 is 1.41 bits per heavy atom. The standard InChI is InChI=1S/C11H15N3O2S/c12-9-1-2-10(13-8-9)7-11(15)14-3-5-17(16)6-4-14/h1-2,8H,3-7,12H2. The average Bonchev–Trinajstić information content (AvgIpc) is 2.33. The fraction of sp³-hybridized carbons (Fsp3) is 0.455. The number of nitrogens with zero attached hydrogens (tertiary/aromatic N) is 2. The van der Waals surface area contributed by atoms with Crippen molar-refractivity contribution in [2.75, 3.05) is 30.3 Å². The highest BCUT2D eigenvalue weighted by Crippen LogP contribution is 2.06. The maximum Gasteiger partial charge on any atom is 0.228 e. The van der Waals surface area contributed by atoms with Gasteiger partial charge in [-0.2, -0.15) is 0 Å². The van der Waals surface area contributed by atoms with Gasteiger partial charge < -0.3 is 10.6 Å². The summed E-state index contributed by atoms with van der Waals surface area (Å²) in [5.41, 5.74) is 6.83. The van der Waals surface area contributed by atoms with E-state index in [2.05, 4.69) is 4.98 Å². The van der Waals surface area contributed by atoms with Crippen molar-refractivity contribution in [2.24, 2.45) is 0 Å². The highest BCUT2D eigenvalue weighted by molar-refractivity contribution is 7.85. The second kappa shape index (κ2) is 5.27. The van der Waals surface area contributed by atoms with Gasteiger partial charge in [-0.15, -0.1) is 0 Å². The lowest BCUT2D eigenvalue weighted by atomic mass is 10.2. The van der Waals surface area contributed by atoms with Crippen LogP contribution in [0.25, 0.3) is 0 Å². The Balaban J connectivity index is 1.92. The SMILES string of the molecule is Nc1ccc(CC(=O)N2CCS(=O)CC2)nc1. The highest BCUT2D eigenvalue weighted by atomic mass is 32.2. The highest BCUT2D eigenvalue weighted by Gasteiger charge is 2.20. The molecule has 1 aliphatic heterocycles. The van der Waals surface area contributed by atoms with Crippen molar-refractivity contribution < 1.29 is 9.00 Å². The minimum absolute atomic E-state index is 0.0407. The maximum atomic E-state index is 11.9. The number of aromatic nitrogens is 1. The van der Waals surface area contributed by atoms with Crippen molar-refractivity contribution in [3.8, 4) is 0 Å². The lowest BCUT2D eigenvalue weighted by molar-refractivity contribution is -0.130. The summed E-state index contributed by atoms with van der Waals surface area (Å²) in [6.45, 7) is 1.17. The van der Waals surface area contributed by atoms with Crippen LogP contribution >= 0.6 is 0 Å². The van der Waals surface area contributed by atoms with Gasteiger partial charge in [-0.1, -0.05) is 0 Å². The monoisotopic (exact) mass is 253 g/mol. The molecule has 1 aliphatic rings. The zero-order valence-corrected chi connectivity index (χ0v) is 10.3. The molecule has 1 saturated heterocycles. The minimum Gasteiger partial charge on any atom is -0.397 e. The number of hydrogen-bond acceptors (Lipinski definition) is 4. The molecule has 2 N–H and O–H groups in total. The number of nitrogens with two attached hydrogens (primary N) is 1. The van der Waals surface area contributed by atoms with E-state index in [1.54, 1.807) is 23.2 Å². The zero-order chi connectivity index (χ0) is 12.3. The molecule has 17 heavy (non-hydrogen) atoms. The largest absolute Gasteiger partial charge is 0.397 e. The maximum absolute atomic E-state index is 11.9. The molecule has 0 saturated carbocycles. The van der Waals surface area contributed by atoms with E-state index in [0.29, 0.717) is 30.3 Å². The molecule has 5 nitrogen and oxygen atoms in total. The smallest absolute Gasteiger partial charge is 0.228 e. The van der Waals surface area contributed by atoms with E-state index in [0.717, 1.165) is 5.69 Å². The number of hydrogen-bond donors (Lipinski definition) is 1. The predicted molar refractivity (Wildman–Crippen MR) is 66.8 cm³/mol. The predicted octanol–water partition coefficient (Wildman–Crippen LogP) is -0.203. The Morgan fingerprint density at radius 2 is 2.12 bits per heavy atom. The van der Waals surface area contributed by atoms with Crippen molar-refractivity contribution in [3.63, 3.8) is 0 Å². The van der Waals surface area contributed by atoms with E-state index in [-0.39, 0.29) is 12.3 Å². The van der Waals surface area contributed by atoms with Gasteiger partial charge in [-0.3, -0.25) is 14.0 Å². The van der Waals surface area contributed by atoms with E-state index in [4.69, 9.17) is 5.73 Å². The van der Waals surface area contributed by atoms with E-state index in [1.165, 1.54) is 0 Å². The van der Waals surface area contributed by atoms with E-state index >= 15 is 0 Å². The Morgan fingerprint density at radius 3 is 2.71 bits per heavy atom. The zero-order valence-electron chi connectivity index (χ0n) is 9.46. The fourth-order valence-electron chi connectivity index (χ4n) is 1.69. The van der Waals surface area contributed by atoms with Crippen molar-refractivity contribution in [1.29, 1.82) is 0 Å². The Kier molecular flexibility index (Phi) is 3.73. The van der Waals surface area contributed by atoms with Crippen LogP contribution in [-0.2, 0) is 22.0 Å². The number of carbonyl (C=O) groups excluding carboxylic acids is 1. The molecule has 1 amide bonds. The van der Waals surface area contributed by atoms with Gasteiger partial charge in [0.2, 0.25) is 5.91 Å². The van der Waals surface area contributed by atoms with Gasteiger partial charge in [0.15, 0.2) is 0 Å². The molecule has 0 unspecified atom stereocenters. The summed E-state index contributed by atoms with van der Waals surface area (Å²) in [5.74, 6) is 1.21. The molecule has 2 rings (SSSR count). The summed E-state index contributed by atoms with van der Waals surface area (Å²) < 4.78 is 11.2. The van der Waals surface area contributed by atoms with E-state index in [1.807, 2.05) is 0 Å². The van der Waals surface area contributed by atoms with Gasteiger partial charge in [-0.25, -0.2) is 0 Å². The first-order chi connectivity index (χ1) is 8.15. The van der Waals surface area contributed by atoms with Crippen molar-refractivity contribution in [1.82, 2.24) is 9.88 Å². The van der Waals surface area contributed by atoms with Crippen LogP contribution in [0.15, 0.2) is 18.3 Å². The van der Waals surface area contributed by atoms with Gasteiger partial charge >= 0.3 is 0 Å². The lowest BCUT2D eigenvalue weighted by Gasteiger charge is -2.26. The molecule has 1 aromatic heterocycles. The number of anilines is 1. The van der Waals surface area contributed by atoms with E-state index in [9.17, 15) is 9.00 Å². The molecule has 0 aliphatic carbocycles. The van der Waals surface area contributed by atoms with Crippen LogP contribution in [0.5, 0.6) is 0 Å². The van der Waals surface area contributed by atoms with Crippen LogP contribution in [-0.4, -0.2) is 44.6 Å².